The lowest BCUT2D eigenvalue weighted by molar-refractivity contribution is -0.384. The number of nitrogens with zero attached hydrogens (tertiary/aromatic N) is 3. The number of aromatic nitrogens is 3. The Hall–Kier alpha value is -5.19. The molecule has 1 amide bonds. The van der Waals surface area contributed by atoms with Crippen LogP contribution in [0, 0.1) is 16.0 Å². The van der Waals surface area contributed by atoms with E-state index in [2.05, 4.69) is 25.6 Å². The molecular weight excluding hydrogens is 572 g/mol. The van der Waals surface area contributed by atoms with Crippen LogP contribution < -0.4 is 15.4 Å². The minimum absolute atomic E-state index is 0.0116. The highest BCUT2D eigenvalue weighted by Crippen LogP contribution is 2.35. The fraction of sp³-hybridized carbons (Fsp3) is 0.324. The Bertz CT molecular complexity index is 1770. The Kier molecular flexibility index (Phi) is 8.50. The van der Waals surface area contributed by atoms with Crippen molar-refractivity contribution < 1.29 is 18.9 Å². The van der Waals surface area contributed by atoms with Gasteiger partial charge in [0.05, 0.1) is 30.0 Å². The molecule has 3 heterocycles. The summed E-state index contributed by atoms with van der Waals surface area (Å²) in [6, 6.07) is 17.7. The number of non-ortho nitro benzene ring substituents is 1. The molecular formula is C34H36N6O5. The fourth-order valence-electron chi connectivity index (χ4n) is 6.19. The van der Waals surface area contributed by atoms with Gasteiger partial charge in [-0.05, 0) is 61.6 Å². The van der Waals surface area contributed by atoms with Crippen LogP contribution in [0.1, 0.15) is 56.3 Å². The zero-order valence-corrected chi connectivity index (χ0v) is 25.3. The standard InChI is InChI=1S/C34H36N6O5/c1-34(18-24-19-35-28-11-7-6-10-27(24)28,39-33-37-30(21-45-33)22-12-14-25(15-13-22)40(42)43)32(41)38-31(23-8-4-3-5-9-23)29-17-16-26(44-2)20-36-29/h6-7,10-17,19-21,23,31,35H,3-5,8-9,18H2,1-2H3,(H,37,39)(H,38,41). The number of aromatic amines is 1. The number of fused-ring (bicyclic) bond motifs is 1. The van der Waals surface area contributed by atoms with E-state index in [0.29, 0.717) is 23.4 Å². The molecule has 2 unspecified atom stereocenters. The molecule has 1 fully saturated rings. The topological polar surface area (TPSA) is 148 Å². The third kappa shape index (κ3) is 6.52. The van der Waals surface area contributed by atoms with Crippen molar-refractivity contribution in [3.63, 3.8) is 0 Å². The van der Waals surface area contributed by atoms with Crippen LogP contribution >= 0.6 is 0 Å². The van der Waals surface area contributed by atoms with Gasteiger partial charge in [-0.25, -0.2) is 0 Å². The molecule has 0 radical (unpaired) electrons. The average Bonchev–Trinajstić information content (AvgIpc) is 3.71. The molecule has 1 saturated carbocycles. The van der Waals surface area contributed by atoms with Crippen LogP contribution in [0.4, 0.5) is 11.7 Å². The smallest absolute Gasteiger partial charge is 0.295 e. The summed E-state index contributed by atoms with van der Waals surface area (Å²) in [5.41, 5.74) is 2.70. The Balaban J connectivity index is 1.32. The number of anilines is 1. The number of benzene rings is 2. The Morgan fingerprint density at radius 2 is 1.91 bits per heavy atom. The van der Waals surface area contributed by atoms with Crippen LogP contribution in [0.3, 0.4) is 0 Å². The number of methoxy groups -OCH3 is 1. The summed E-state index contributed by atoms with van der Waals surface area (Å²) >= 11 is 0. The number of amides is 1. The highest BCUT2D eigenvalue weighted by Gasteiger charge is 2.39. The lowest BCUT2D eigenvalue weighted by Crippen LogP contribution is -2.53. The number of carbonyl (C=O) groups excluding carboxylic acids is 1. The maximum atomic E-state index is 14.5. The third-order valence-electron chi connectivity index (χ3n) is 8.70. The van der Waals surface area contributed by atoms with Gasteiger partial charge in [-0.15, -0.1) is 0 Å². The summed E-state index contributed by atoms with van der Waals surface area (Å²) in [4.78, 5) is 37.7. The van der Waals surface area contributed by atoms with Crippen LogP contribution in [0.25, 0.3) is 22.2 Å². The van der Waals surface area contributed by atoms with E-state index >= 15 is 0 Å². The maximum absolute atomic E-state index is 14.5. The van der Waals surface area contributed by atoms with Crippen LogP contribution in [-0.4, -0.2) is 38.4 Å². The highest BCUT2D eigenvalue weighted by molar-refractivity contribution is 5.91. The van der Waals surface area contributed by atoms with E-state index in [0.717, 1.165) is 47.8 Å². The predicted molar refractivity (Wildman–Crippen MR) is 171 cm³/mol. The van der Waals surface area contributed by atoms with Crippen LogP contribution in [-0.2, 0) is 11.2 Å². The van der Waals surface area contributed by atoms with Crippen molar-refractivity contribution >= 4 is 28.5 Å². The average molecular weight is 609 g/mol. The van der Waals surface area contributed by atoms with Gasteiger partial charge in [0.1, 0.15) is 23.2 Å². The number of para-hydroxylation sites is 1. The summed E-state index contributed by atoms with van der Waals surface area (Å²) in [6.45, 7) is 1.85. The quantitative estimate of drug-likeness (QED) is 0.107. The number of nitrogens with one attached hydrogen (secondary N) is 3. The molecule has 232 valence electrons. The van der Waals surface area contributed by atoms with E-state index in [-0.39, 0.29) is 29.6 Å². The number of H-pyrrole nitrogens is 1. The van der Waals surface area contributed by atoms with E-state index in [1.165, 1.54) is 24.8 Å². The summed E-state index contributed by atoms with van der Waals surface area (Å²) in [6.07, 6.45) is 10.8. The fourth-order valence-corrected chi connectivity index (χ4v) is 6.19. The third-order valence-corrected chi connectivity index (χ3v) is 8.70. The molecule has 2 aromatic carbocycles. The van der Waals surface area contributed by atoms with Crippen LogP contribution in [0.2, 0.25) is 0 Å². The first-order valence-corrected chi connectivity index (χ1v) is 15.2. The lowest BCUT2D eigenvalue weighted by Gasteiger charge is -2.35. The van der Waals surface area contributed by atoms with E-state index in [1.807, 2.05) is 49.5 Å². The number of ether oxygens (including phenoxy) is 1. The van der Waals surface area contributed by atoms with Crippen LogP contribution in [0.15, 0.2) is 83.7 Å². The van der Waals surface area contributed by atoms with Crippen molar-refractivity contribution in [2.45, 2.75) is 57.0 Å². The monoisotopic (exact) mass is 608 g/mol. The Morgan fingerprint density at radius 3 is 2.62 bits per heavy atom. The zero-order valence-electron chi connectivity index (χ0n) is 25.3. The van der Waals surface area contributed by atoms with Gasteiger partial charge in [-0.3, -0.25) is 19.9 Å². The first kappa shape index (κ1) is 29.9. The molecule has 1 aliphatic rings. The van der Waals surface area contributed by atoms with Crippen molar-refractivity contribution in [2.24, 2.45) is 5.92 Å². The number of rotatable bonds is 11. The van der Waals surface area contributed by atoms with Crippen LogP contribution in [0.5, 0.6) is 5.75 Å². The lowest BCUT2D eigenvalue weighted by atomic mass is 9.81. The van der Waals surface area contributed by atoms with E-state index < -0.39 is 10.5 Å². The molecule has 6 rings (SSSR count). The first-order valence-electron chi connectivity index (χ1n) is 15.2. The van der Waals surface area contributed by atoms with Gasteiger partial charge in [0.15, 0.2) is 0 Å². The molecule has 11 heteroatoms. The van der Waals surface area contributed by atoms with Gasteiger partial charge in [0.25, 0.3) is 11.7 Å². The van der Waals surface area contributed by atoms with E-state index in [4.69, 9.17) is 9.15 Å². The minimum Gasteiger partial charge on any atom is -0.495 e. The summed E-state index contributed by atoms with van der Waals surface area (Å²) in [5, 5.41) is 18.8. The molecule has 3 N–H and O–H groups in total. The zero-order chi connectivity index (χ0) is 31.4. The number of pyridine rings is 1. The molecule has 1 aliphatic carbocycles. The number of nitro groups is 1. The summed E-state index contributed by atoms with van der Waals surface area (Å²) < 4.78 is 11.1. The number of oxazole rings is 1. The molecule has 0 bridgehead atoms. The Labute approximate surface area is 260 Å². The van der Waals surface area contributed by atoms with Gasteiger partial charge < -0.3 is 24.8 Å². The van der Waals surface area contributed by atoms with Crippen molar-refractivity contribution in [3.05, 3.63) is 101 Å². The molecule has 11 nitrogen and oxygen atoms in total. The van der Waals surface area contributed by atoms with E-state index in [1.54, 1.807) is 25.4 Å². The molecule has 2 atom stereocenters. The molecule has 0 aliphatic heterocycles. The number of hydrogen-bond acceptors (Lipinski definition) is 8. The first-order chi connectivity index (χ1) is 21.8. The number of hydrogen-bond donors (Lipinski definition) is 3. The second-order valence-corrected chi connectivity index (χ2v) is 11.8. The van der Waals surface area contributed by atoms with Crippen molar-refractivity contribution in [1.82, 2.24) is 20.3 Å². The van der Waals surface area contributed by atoms with Gasteiger partial charge >= 0.3 is 0 Å². The maximum Gasteiger partial charge on any atom is 0.295 e. The Morgan fingerprint density at radius 1 is 1.13 bits per heavy atom. The predicted octanol–water partition coefficient (Wildman–Crippen LogP) is 6.99. The number of carbonyl (C=O) groups is 1. The van der Waals surface area contributed by atoms with E-state index in [9.17, 15) is 14.9 Å². The molecule has 5 aromatic rings. The number of nitro benzene ring substituents is 1. The van der Waals surface area contributed by atoms with Gasteiger partial charge in [0, 0.05) is 41.2 Å². The van der Waals surface area contributed by atoms with Gasteiger partial charge in [0.2, 0.25) is 5.91 Å². The molecule has 45 heavy (non-hydrogen) atoms. The normalized spacial score (nSPS) is 15.7. The second-order valence-electron chi connectivity index (χ2n) is 11.8. The minimum atomic E-state index is -1.18. The van der Waals surface area contributed by atoms with Crippen molar-refractivity contribution in [1.29, 1.82) is 0 Å². The van der Waals surface area contributed by atoms with Crippen molar-refractivity contribution in [2.75, 3.05) is 12.4 Å². The largest absolute Gasteiger partial charge is 0.495 e. The van der Waals surface area contributed by atoms with Gasteiger partial charge in [-0.2, -0.15) is 4.98 Å². The molecule has 0 spiro atoms. The summed E-state index contributed by atoms with van der Waals surface area (Å²) in [5.74, 6) is 0.693. The summed E-state index contributed by atoms with van der Waals surface area (Å²) in [7, 11) is 1.61. The molecule has 0 saturated heterocycles. The van der Waals surface area contributed by atoms with Gasteiger partial charge in [-0.1, -0.05) is 37.5 Å². The molecule has 3 aromatic heterocycles. The highest BCUT2D eigenvalue weighted by atomic mass is 16.6. The van der Waals surface area contributed by atoms with Crippen molar-refractivity contribution in [3.8, 4) is 17.0 Å². The second kappa shape index (κ2) is 12.8. The SMILES string of the molecule is COc1ccc(C(NC(=O)C(C)(Cc2c[nH]c3ccccc23)Nc2nc(-c3ccc([N+](=O)[O-])cc3)co2)C2CCCCC2)nc1.